The van der Waals surface area contributed by atoms with Gasteiger partial charge >= 0.3 is 0 Å². The largest absolute Gasteiger partial charge is 0.506 e. The van der Waals surface area contributed by atoms with E-state index in [0.29, 0.717) is 12.1 Å². The van der Waals surface area contributed by atoms with Crippen molar-refractivity contribution in [1.82, 2.24) is 10.2 Å². The summed E-state index contributed by atoms with van der Waals surface area (Å²) in [6, 6.07) is 4.77. The molecule has 0 aromatic heterocycles. The van der Waals surface area contributed by atoms with Gasteiger partial charge in [0.15, 0.2) is 0 Å². The van der Waals surface area contributed by atoms with Gasteiger partial charge < -0.3 is 15.3 Å². The smallest absolute Gasteiger partial charge is 0.228 e. The summed E-state index contributed by atoms with van der Waals surface area (Å²) in [4.78, 5) is 14.1. The second kappa shape index (κ2) is 6.80. The van der Waals surface area contributed by atoms with Crippen molar-refractivity contribution in [2.45, 2.75) is 25.8 Å². The van der Waals surface area contributed by atoms with Crippen molar-refractivity contribution in [3.05, 3.63) is 52.8 Å². The van der Waals surface area contributed by atoms with Gasteiger partial charge in [-0.05, 0) is 43.7 Å². The summed E-state index contributed by atoms with van der Waals surface area (Å²) in [6.07, 6.45) is 11.3. The number of carbonyl (C=O) groups excluding carboxylic acids is 1. The van der Waals surface area contributed by atoms with Crippen molar-refractivity contribution in [3.8, 4) is 18.1 Å². The lowest BCUT2D eigenvalue weighted by Gasteiger charge is -2.34. The van der Waals surface area contributed by atoms with E-state index >= 15 is 0 Å². The van der Waals surface area contributed by atoms with E-state index in [9.17, 15) is 9.90 Å². The van der Waals surface area contributed by atoms with Gasteiger partial charge in [-0.2, -0.15) is 0 Å². The van der Waals surface area contributed by atoms with Crippen LogP contribution >= 0.6 is 11.6 Å². The predicted molar refractivity (Wildman–Crippen MR) is 91.8 cm³/mol. The Hall–Kier alpha value is -2.38. The molecule has 0 spiro atoms. The van der Waals surface area contributed by atoms with E-state index in [4.69, 9.17) is 18.0 Å². The number of aromatic hydroxyl groups is 1. The molecule has 1 aromatic carbocycles. The third-order valence-electron chi connectivity index (χ3n) is 3.67. The van der Waals surface area contributed by atoms with Gasteiger partial charge in [0.1, 0.15) is 5.75 Å². The van der Waals surface area contributed by atoms with Gasteiger partial charge in [0.2, 0.25) is 5.91 Å². The normalized spacial score (nSPS) is 14.2. The Bertz CT molecular complexity index is 714. The fourth-order valence-electron chi connectivity index (χ4n) is 2.14. The van der Waals surface area contributed by atoms with E-state index in [0.717, 1.165) is 5.70 Å². The molecule has 0 fully saturated rings. The maximum atomic E-state index is 12.1. The van der Waals surface area contributed by atoms with Crippen molar-refractivity contribution >= 4 is 17.5 Å². The topological polar surface area (TPSA) is 52.6 Å². The maximum absolute atomic E-state index is 12.1. The molecule has 0 saturated heterocycles. The summed E-state index contributed by atoms with van der Waals surface area (Å²) in [5.74, 6) is 2.55. The van der Waals surface area contributed by atoms with E-state index in [2.05, 4.69) is 11.2 Å². The van der Waals surface area contributed by atoms with E-state index in [-0.39, 0.29) is 28.6 Å². The van der Waals surface area contributed by atoms with E-state index in [1.165, 1.54) is 6.07 Å². The molecule has 0 radical (unpaired) electrons. The minimum absolute atomic E-state index is 0.0269. The number of hydrogen-bond acceptors (Lipinski definition) is 3. The number of benzene rings is 1. The predicted octanol–water partition coefficient (Wildman–Crippen LogP) is 2.83. The lowest BCUT2D eigenvalue weighted by atomic mass is 10.0. The zero-order valence-electron chi connectivity index (χ0n) is 13.1. The fraction of sp³-hybridized carbons (Fsp3) is 0.278. The summed E-state index contributed by atoms with van der Waals surface area (Å²) in [5, 5.41) is 12.7. The molecule has 0 atom stereocenters. The van der Waals surface area contributed by atoms with E-state index in [1.54, 1.807) is 12.1 Å². The van der Waals surface area contributed by atoms with Crippen LogP contribution in [0.2, 0.25) is 5.02 Å². The lowest BCUT2D eigenvalue weighted by molar-refractivity contribution is -0.119. The number of hydrogen-bond donors (Lipinski definition) is 2. The van der Waals surface area contributed by atoms with Crippen molar-refractivity contribution in [1.29, 1.82) is 0 Å². The van der Waals surface area contributed by atoms with Crippen molar-refractivity contribution in [2.24, 2.45) is 0 Å². The quantitative estimate of drug-likeness (QED) is 0.835. The average molecular weight is 331 g/mol. The van der Waals surface area contributed by atoms with Crippen LogP contribution in [-0.4, -0.2) is 28.0 Å². The Balaban J connectivity index is 1.93. The minimum Gasteiger partial charge on any atom is -0.506 e. The van der Waals surface area contributed by atoms with Crippen LogP contribution in [0.4, 0.5) is 0 Å². The van der Waals surface area contributed by atoms with Crippen molar-refractivity contribution in [2.75, 3.05) is 6.54 Å². The Morgan fingerprint density at radius 2 is 2.26 bits per heavy atom. The third kappa shape index (κ3) is 4.30. The molecule has 1 aromatic rings. The molecule has 1 aliphatic rings. The van der Waals surface area contributed by atoms with Crippen LogP contribution in [0.1, 0.15) is 19.4 Å². The summed E-state index contributed by atoms with van der Waals surface area (Å²) in [5.41, 5.74) is 1.06. The number of halogens is 1. The number of terminal acetylenes is 1. The van der Waals surface area contributed by atoms with E-state index < -0.39 is 0 Å². The highest BCUT2D eigenvalue weighted by atomic mass is 35.5. The Morgan fingerprint density at radius 3 is 2.83 bits per heavy atom. The molecule has 1 heterocycles. The molecule has 1 amide bonds. The molecule has 4 nitrogen and oxygen atoms in total. The highest BCUT2D eigenvalue weighted by molar-refractivity contribution is 6.32. The van der Waals surface area contributed by atoms with Crippen LogP contribution in [0.15, 0.2) is 42.2 Å². The zero-order valence-corrected chi connectivity index (χ0v) is 13.9. The van der Waals surface area contributed by atoms with Crippen LogP contribution < -0.4 is 5.32 Å². The molecule has 0 bridgehead atoms. The first-order valence-electron chi connectivity index (χ1n) is 7.22. The number of nitrogens with one attached hydrogen (secondary N) is 1. The molecule has 0 saturated carbocycles. The number of rotatable bonds is 4. The minimum atomic E-state index is -0.372. The molecular weight excluding hydrogens is 312 g/mol. The van der Waals surface area contributed by atoms with E-state index in [1.807, 2.05) is 37.1 Å². The molecule has 23 heavy (non-hydrogen) atoms. The lowest BCUT2D eigenvalue weighted by Crippen LogP contribution is -2.40. The highest BCUT2D eigenvalue weighted by Crippen LogP contribution is 2.24. The van der Waals surface area contributed by atoms with Gasteiger partial charge in [0.05, 0.1) is 17.0 Å². The number of phenolic OH excluding ortho intramolecular Hbond substituents is 1. The summed E-state index contributed by atoms with van der Waals surface area (Å²) >= 11 is 5.75. The SMILES string of the molecule is C#CC(C)(C)N1C=CC(NC(=O)Cc2ccc(Cl)c(O)c2)=CC1. The first kappa shape index (κ1) is 17.0. The average Bonchev–Trinajstić information content (AvgIpc) is 2.51. The Morgan fingerprint density at radius 1 is 1.52 bits per heavy atom. The van der Waals surface area contributed by atoms with Crippen molar-refractivity contribution in [3.63, 3.8) is 0 Å². The summed E-state index contributed by atoms with van der Waals surface area (Å²) < 4.78 is 0. The van der Waals surface area contributed by atoms with Crippen LogP contribution in [0, 0.1) is 12.3 Å². The number of nitrogens with zero attached hydrogens (tertiary/aromatic N) is 1. The van der Waals surface area contributed by atoms with Crippen LogP contribution in [-0.2, 0) is 11.2 Å². The molecule has 2 rings (SSSR count). The maximum Gasteiger partial charge on any atom is 0.228 e. The molecular formula is C18H19ClN2O2. The van der Waals surface area contributed by atoms with Crippen LogP contribution in [0.5, 0.6) is 5.75 Å². The van der Waals surface area contributed by atoms with Gasteiger partial charge in [-0.1, -0.05) is 23.6 Å². The third-order valence-corrected chi connectivity index (χ3v) is 3.99. The number of carbonyl (C=O) groups is 1. The number of phenols is 1. The van der Waals surface area contributed by atoms with Crippen LogP contribution in [0.25, 0.3) is 0 Å². The molecule has 0 unspecified atom stereocenters. The second-order valence-corrected chi connectivity index (χ2v) is 6.25. The van der Waals surface area contributed by atoms with Crippen molar-refractivity contribution < 1.29 is 9.90 Å². The van der Waals surface area contributed by atoms with Gasteiger partial charge in [-0.25, -0.2) is 0 Å². The van der Waals surface area contributed by atoms with Gasteiger partial charge in [-0.15, -0.1) is 6.42 Å². The Kier molecular flexibility index (Phi) is 5.02. The Labute approximate surface area is 141 Å². The molecule has 120 valence electrons. The molecule has 1 aliphatic heterocycles. The van der Waals surface area contributed by atoms with Crippen LogP contribution in [0.3, 0.4) is 0 Å². The van der Waals surface area contributed by atoms with Gasteiger partial charge in [0, 0.05) is 18.4 Å². The zero-order chi connectivity index (χ0) is 17.0. The molecule has 5 heteroatoms. The molecule has 2 N–H and O–H groups in total. The molecule has 0 aliphatic carbocycles. The first-order valence-corrected chi connectivity index (χ1v) is 7.60. The second-order valence-electron chi connectivity index (χ2n) is 5.84. The standard InChI is InChI=1S/C18H19ClN2O2/c1-4-18(2,3)21-9-7-14(8-10-21)20-17(23)12-13-5-6-15(19)16(22)11-13/h1,5-9,11,22H,10,12H2,2-3H3,(H,20,23). The summed E-state index contributed by atoms with van der Waals surface area (Å²) in [6.45, 7) is 4.55. The number of amides is 1. The monoisotopic (exact) mass is 330 g/mol. The summed E-state index contributed by atoms with van der Waals surface area (Å²) in [7, 11) is 0. The highest BCUT2D eigenvalue weighted by Gasteiger charge is 2.22. The van der Waals surface area contributed by atoms with Gasteiger partial charge in [0.25, 0.3) is 0 Å². The fourth-order valence-corrected chi connectivity index (χ4v) is 2.26. The first-order chi connectivity index (χ1) is 10.8. The van der Waals surface area contributed by atoms with Gasteiger partial charge in [-0.3, -0.25) is 4.79 Å². The number of allylic oxidation sites excluding steroid dienone is 1.